The molecule has 24 heavy (non-hydrogen) atoms. The van der Waals surface area contributed by atoms with Crippen LogP contribution in [0.5, 0.6) is 0 Å². The van der Waals surface area contributed by atoms with Gasteiger partial charge in [-0.05, 0) is 39.3 Å². The first-order chi connectivity index (χ1) is 11.6. The van der Waals surface area contributed by atoms with Crippen molar-refractivity contribution >= 4 is 23.2 Å². The third-order valence-electron chi connectivity index (χ3n) is 4.15. The highest BCUT2D eigenvalue weighted by Gasteiger charge is 2.23. The second kappa shape index (κ2) is 9.58. The fourth-order valence-electron chi connectivity index (χ4n) is 2.86. The molecule has 1 unspecified atom stereocenters. The Morgan fingerprint density at radius 2 is 2.38 bits per heavy atom. The summed E-state index contributed by atoms with van der Waals surface area (Å²) in [6.07, 6.45) is 4.87. The van der Waals surface area contributed by atoms with Crippen molar-refractivity contribution in [2.24, 2.45) is 16.6 Å². The Morgan fingerprint density at radius 3 is 3.04 bits per heavy atom. The van der Waals surface area contributed by atoms with Gasteiger partial charge in [-0.1, -0.05) is 0 Å². The molecule has 0 saturated carbocycles. The highest BCUT2D eigenvalue weighted by molar-refractivity contribution is 7.11. The average molecular weight is 353 g/mol. The van der Waals surface area contributed by atoms with Gasteiger partial charge in [0.25, 0.3) is 0 Å². The molecule has 2 rings (SSSR count). The summed E-state index contributed by atoms with van der Waals surface area (Å²) in [7, 11) is 1.77. The molecule has 1 aliphatic rings. The number of carbonyl (C=O) groups excluding carboxylic acids is 1. The number of piperidine rings is 1. The van der Waals surface area contributed by atoms with Crippen LogP contribution in [-0.2, 0) is 11.3 Å². The van der Waals surface area contributed by atoms with E-state index >= 15 is 0 Å². The van der Waals surface area contributed by atoms with Gasteiger partial charge in [0.2, 0.25) is 5.91 Å². The summed E-state index contributed by atoms with van der Waals surface area (Å²) in [5.74, 6) is 0.638. The molecule has 1 amide bonds. The minimum absolute atomic E-state index is 0.0166. The zero-order valence-electron chi connectivity index (χ0n) is 14.5. The van der Waals surface area contributed by atoms with E-state index in [2.05, 4.69) is 32.4 Å². The average Bonchev–Trinajstić information content (AvgIpc) is 3.00. The maximum Gasteiger partial charge on any atom is 0.221 e. The molecule has 1 aromatic heterocycles. The fourth-order valence-corrected chi connectivity index (χ4v) is 3.59. The topological polar surface area (TPSA) is 95.6 Å². The van der Waals surface area contributed by atoms with Gasteiger partial charge in [-0.2, -0.15) is 0 Å². The van der Waals surface area contributed by atoms with Crippen molar-refractivity contribution in [1.82, 2.24) is 20.5 Å². The Kier molecular flexibility index (Phi) is 7.45. The number of rotatable bonds is 7. The van der Waals surface area contributed by atoms with Crippen molar-refractivity contribution in [3.63, 3.8) is 0 Å². The summed E-state index contributed by atoms with van der Waals surface area (Å²) in [4.78, 5) is 23.4. The summed E-state index contributed by atoms with van der Waals surface area (Å²) in [6, 6.07) is 0. The molecule has 8 heteroatoms. The molecular weight excluding hydrogens is 324 g/mol. The van der Waals surface area contributed by atoms with Gasteiger partial charge in [0.15, 0.2) is 5.96 Å². The van der Waals surface area contributed by atoms with Gasteiger partial charge >= 0.3 is 0 Å². The van der Waals surface area contributed by atoms with Gasteiger partial charge in [0.05, 0.1) is 12.5 Å². The minimum Gasteiger partial charge on any atom is -0.369 e. The van der Waals surface area contributed by atoms with E-state index < -0.39 is 0 Å². The molecule has 1 fully saturated rings. The molecule has 1 aliphatic heterocycles. The van der Waals surface area contributed by atoms with Gasteiger partial charge < -0.3 is 21.3 Å². The van der Waals surface area contributed by atoms with E-state index in [1.54, 1.807) is 18.4 Å². The van der Waals surface area contributed by atoms with Gasteiger partial charge in [0, 0.05) is 31.2 Å². The lowest BCUT2D eigenvalue weighted by molar-refractivity contribution is -0.123. The largest absolute Gasteiger partial charge is 0.369 e. The van der Waals surface area contributed by atoms with E-state index in [0.29, 0.717) is 6.54 Å². The van der Waals surface area contributed by atoms with E-state index in [4.69, 9.17) is 5.73 Å². The first kappa shape index (κ1) is 18.7. The van der Waals surface area contributed by atoms with Crippen molar-refractivity contribution in [3.8, 4) is 0 Å². The Bertz CT molecular complexity index is 559. The van der Waals surface area contributed by atoms with E-state index in [1.807, 2.05) is 6.20 Å². The van der Waals surface area contributed by atoms with Crippen molar-refractivity contribution < 1.29 is 4.79 Å². The Labute approximate surface area is 147 Å². The lowest BCUT2D eigenvalue weighted by Gasteiger charge is -2.31. The van der Waals surface area contributed by atoms with Crippen LogP contribution in [0.25, 0.3) is 0 Å². The molecule has 1 aromatic rings. The maximum absolute atomic E-state index is 11.3. The molecule has 7 nitrogen and oxygen atoms in total. The highest BCUT2D eigenvalue weighted by atomic mass is 32.1. The van der Waals surface area contributed by atoms with Crippen molar-refractivity contribution in [3.05, 3.63) is 16.1 Å². The monoisotopic (exact) mass is 352 g/mol. The van der Waals surface area contributed by atoms with Gasteiger partial charge in [-0.15, -0.1) is 11.3 Å². The highest BCUT2D eigenvalue weighted by Crippen LogP contribution is 2.15. The number of hydrogen-bond acceptors (Lipinski definition) is 5. The Morgan fingerprint density at radius 1 is 1.54 bits per heavy atom. The number of nitrogens with zero attached hydrogens (tertiary/aromatic N) is 3. The Balaban J connectivity index is 1.62. The van der Waals surface area contributed by atoms with Gasteiger partial charge in [-0.3, -0.25) is 9.79 Å². The van der Waals surface area contributed by atoms with E-state index in [-0.39, 0.29) is 11.8 Å². The van der Waals surface area contributed by atoms with Crippen LogP contribution in [0.3, 0.4) is 0 Å². The molecule has 1 saturated heterocycles. The normalized spacial score (nSPS) is 19.2. The zero-order valence-corrected chi connectivity index (χ0v) is 15.4. The molecular formula is C16H28N6OS. The van der Waals surface area contributed by atoms with Crippen LogP contribution >= 0.6 is 11.3 Å². The van der Waals surface area contributed by atoms with Crippen LogP contribution in [-0.4, -0.2) is 55.0 Å². The second-order valence-electron chi connectivity index (χ2n) is 6.11. The number of likely N-dealkylation sites (tertiary alicyclic amines) is 1. The lowest BCUT2D eigenvalue weighted by Crippen LogP contribution is -2.42. The number of aryl methyl sites for hydroxylation is 1. The van der Waals surface area contributed by atoms with Crippen molar-refractivity contribution in [2.75, 3.05) is 33.2 Å². The van der Waals surface area contributed by atoms with Crippen LogP contribution in [0.4, 0.5) is 0 Å². The number of amides is 1. The molecule has 0 radical (unpaired) electrons. The molecule has 1 atom stereocenters. The lowest BCUT2D eigenvalue weighted by atomic mass is 9.97. The number of hydrogen-bond donors (Lipinski definition) is 3. The van der Waals surface area contributed by atoms with Gasteiger partial charge in [0.1, 0.15) is 5.01 Å². The van der Waals surface area contributed by atoms with E-state index in [1.165, 1.54) is 4.88 Å². The van der Waals surface area contributed by atoms with Crippen LogP contribution < -0.4 is 16.4 Å². The third kappa shape index (κ3) is 6.09. The number of guanidine groups is 1. The standard InChI is InChI=1S/C16H28N6OS/c1-12-9-20-14(24-12)10-21-16(18-2)19-6-4-8-22-7-3-5-13(11-22)15(17)23/h9,13H,3-8,10-11H2,1-2H3,(H2,17,23)(H2,18,19,21). The maximum atomic E-state index is 11.3. The third-order valence-corrected chi connectivity index (χ3v) is 5.06. The predicted molar refractivity (Wildman–Crippen MR) is 98.0 cm³/mol. The Hall–Kier alpha value is -1.67. The second-order valence-corrected chi connectivity index (χ2v) is 7.43. The van der Waals surface area contributed by atoms with Crippen LogP contribution in [0.15, 0.2) is 11.2 Å². The fraction of sp³-hybridized carbons (Fsp3) is 0.688. The van der Waals surface area contributed by atoms with Crippen molar-refractivity contribution in [2.45, 2.75) is 32.7 Å². The smallest absolute Gasteiger partial charge is 0.221 e. The molecule has 2 heterocycles. The number of nitrogens with two attached hydrogens (primary N) is 1. The number of aromatic nitrogens is 1. The summed E-state index contributed by atoms with van der Waals surface area (Å²) in [5, 5.41) is 7.65. The number of carbonyl (C=O) groups is 1. The molecule has 0 bridgehead atoms. The van der Waals surface area contributed by atoms with E-state index in [0.717, 1.165) is 56.4 Å². The molecule has 4 N–H and O–H groups in total. The summed E-state index contributed by atoms with van der Waals surface area (Å²) >= 11 is 1.69. The molecule has 0 spiro atoms. The van der Waals surface area contributed by atoms with Gasteiger partial charge in [-0.25, -0.2) is 4.98 Å². The minimum atomic E-state index is -0.167. The van der Waals surface area contributed by atoms with E-state index in [9.17, 15) is 4.79 Å². The first-order valence-electron chi connectivity index (χ1n) is 8.46. The number of aliphatic imine (C=N–C) groups is 1. The predicted octanol–water partition coefficient (Wildman–Crippen LogP) is 0.704. The molecule has 0 aromatic carbocycles. The summed E-state index contributed by atoms with van der Waals surface area (Å²) in [6.45, 7) is 6.40. The number of primary amides is 1. The number of thiazole rings is 1. The summed E-state index contributed by atoms with van der Waals surface area (Å²) in [5.41, 5.74) is 5.42. The SMILES string of the molecule is CN=C(NCCCN1CCCC(C(N)=O)C1)NCc1ncc(C)s1. The van der Waals surface area contributed by atoms with Crippen molar-refractivity contribution in [1.29, 1.82) is 0 Å². The quantitative estimate of drug-likeness (QED) is 0.381. The van der Waals surface area contributed by atoms with Crippen LogP contribution in [0, 0.1) is 12.8 Å². The molecule has 0 aliphatic carbocycles. The summed E-state index contributed by atoms with van der Waals surface area (Å²) < 4.78 is 0. The van der Waals surface area contributed by atoms with Crippen LogP contribution in [0.1, 0.15) is 29.1 Å². The first-order valence-corrected chi connectivity index (χ1v) is 9.27. The number of nitrogens with one attached hydrogen (secondary N) is 2. The zero-order chi connectivity index (χ0) is 17.4. The molecule has 134 valence electrons. The van der Waals surface area contributed by atoms with Crippen LogP contribution in [0.2, 0.25) is 0 Å².